The summed E-state index contributed by atoms with van der Waals surface area (Å²) in [7, 11) is 0. The number of fused-ring (bicyclic) bond motifs is 1. The molecule has 6 nitrogen and oxygen atoms in total. The second-order valence-corrected chi connectivity index (χ2v) is 8.18. The molecular weight excluding hydrogens is 511 g/mol. The Bertz CT molecular complexity index is 1210. The molecule has 14 heteroatoms. The van der Waals surface area contributed by atoms with Crippen LogP contribution < -0.4 is 10.7 Å². The number of hydrogen-bond acceptors (Lipinski definition) is 4. The van der Waals surface area contributed by atoms with Crippen LogP contribution in [0.3, 0.4) is 0 Å². The van der Waals surface area contributed by atoms with E-state index in [-0.39, 0.29) is 34.8 Å². The minimum Gasteiger partial charge on any atom is -0.455 e. The van der Waals surface area contributed by atoms with Crippen LogP contribution in [0.2, 0.25) is 5.02 Å². The molecule has 190 valence electrons. The number of carbonyl (C=O) groups is 2. The SMILES string of the molecule is Cc1ccc(NC(=O)c2oc3c(c2C)/C(=N/NC(=O)C(F)(F)C(F)(F)C(F)(F)F)CCC3)cc1Cl. The third kappa shape index (κ3) is 4.86. The van der Waals surface area contributed by atoms with Gasteiger partial charge in [-0.05, 0) is 44.4 Å². The Labute approximate surface area is 198 Å². The predicted octanol–water partition coefficient (Wildman–Crippen LogP) is 5.79. The quantitative estimate of drug-likeness (QED) is 0.381. The van der Waals surface area contributed by atoms with Crippen molar-refractivity contribution >= 4 is 34.8 Å². The molecular formula is C21H17ClF7N3O3. The van der Waals surface area contributed by atoms with Gasteiger partial charge in [0.25, 0.3) is 5.91 Å². The second-order valence-electron chi connectivity index (χ2n) is 7.77. The van der Waals surface area contributed by atoms with Crippen molar-refractivity contribution in [3.63, 3.8) is 0 Å². The van der Waals surface area contributed by atoms with E-state index in [1.807, 2.05) is 0 Å². The molecule has 0 fully saturated rings. The lowest BCUT2D eigenvalue weighted by Crippen LogP contribution is -2.58. The minimum absolute atomic E-state index is 0.0452. The number of anilines is 1. The highest BCUT2D eigenvalue weighted by Gasteiger charge is 2.76. The number of nitrogens with one attached hydrogen (secondary N) is 2. The summed E-state index contributed by atoms with van der Waals surface area (Å²) in [5.41, 5.74) is 2.46. The van der Waals surface area contributed by atoms with Gasteiger partial charge < -0.3 is 9.73 Å². The lowest BCUT2D eigenvalue weighted by Gasteiger charge is -2.26. The largest absolute Gasteiger partial charge is 0.460 e. The number of hydrazone groups is 1. The Morgan fingerprint density at radius 3 is 2.31 bits per heavy atom. The number of rotatable bonds is 5. The molecule has 0 spiro atoms. The molecule has 0 saturated carbocycles. The molecule has 0 atom stereocenters. The fourth-order valence-electron chi connectivity index (χ4n) is 3.36. The summed E-state index contributed by atoms with van der Waals surface area (Å²) in [4.78, 5) is 24.2. The molecule has 35 heavy (non-hydrogen) atoms. The molecule has 0 radical (unpaired) electrons. The van der Waals surface area contributed by atoms with Crippen molar-refractivity contribution in [1.82, 2.24) is 5.43 Å². The van der Waals surface area contributed by atoms with Crippen LogP contribution in [0.15, 0.2) is 27.7 Å². The molecule has 0 saturated heterocycles. The van der Waals surface area contributed by atoms with Crippen LogP contribution >= 0.6 is 11.6 Å². The van der Waals surface area contributed by atoms with Gasteiger partial charge in [0.15, 0.2) is 5.76 Å². The Morgan fingerprint density at radius 1 is 1.06 bits per heavy atom. The zero-order valence-corrected chi connectivity index (χ0v) is 18.8. The van der Waals surface area contributed by atoms with Crippen LogP contribution in [-0.4, -0.2) is 35.5 Å². The molecule has 0 bridgehead atoms. The topological polar surface area (TPSA) is 83.7 Å². The van der Waals surface area contributed by atoms with Gasteiger partial charge in [-0.25, -0.2) is 5.43 Å². The van der Waals surface area contributed by atoms with Crippen molar-refractivity contribution in [1.29, 1.82) is 0 Å². The summed E-state index contributed by atoms with van der Waals surface area (Å²) >= 11 is 6.03. The van der Waals surface area contributed by atoms with E-state index < -0.39 is 29.8 Å². The molecule has 2 amide bonds. The Hall–Kier alpha value is -3.09. The van der Waals surface area contributed by atoms with Crippen molar-refractivity contribution in [3.05, 3.63) is 51.4 Å². The Kier molecular flexibility index (Phi) is 6.95. The van der Waals surface area contributed by atoms with Gasteiger partial charge in [-0.1, -0.05) is 17.7 Å². The van der Waals surface area contributed by atoms with E-state index in [1.165, 1.54) is 13.0 Å². The van der Waals surface area contributed by atoms with Crippen LogP contribution in [0.4, 0.5) is 36.4 Å². The van der Waals surface area contributed by atoms with Crippen LogP contribution in [0.1, 0.15) is 45.8 Å². The van der Waals surface area contributed by atoms with E-state index in [2.05, 4.69) is 10.4 Å². The van der Waals surface area contributed by atoms with E-state index in [4.69, 9.17) is 16.0 Å². The summed E-state index contributed by atoms with van der Waals surface area (Å²) in [6, 6.07) is 4.77. The van der Waals surface area contributed by atoms with E-state index in [0.717, 1.165) is 11.0 Å². The molecule has 1 heterocycles. The fraction of sp³-hybridized carbons (Fsp3) is 0.381. The molecule has 1 aromatic carbocycles. The molecule has 0 unspecified atom stereocenters. The maximum Gasteiger partial charge on any atom is 0.460 e. The van der Waals surface area contributed by atoms with Crippen LogP contribution in [0, 0.1) is 13.8 Å². The van der Waals surface area contributed by atoms with Gasteiger partial charge in [0.2, 0.25) is 0 Å². The monoisotopic (exact) mass is 527 g/mol. The summed E-state index contributed by atoms with van der Waals surface area (Å²) in [5, 5.41) is 6.33. The van der Waals surface area contributed by atoms with Crippen molar-refractivity contribution < 1.29 is 44.7 Å². The van der Waals surface area contributed by atoms with Crippen LogP contribution in [0.5, 0.6) is 0 Å². The van der Waals surface area contributed by atoms with E-state index in [9.17, 15) is 40.3 Å². The number of halogens is 8. The zero-order valence-electron chi connectivity index (χ0n) is 18.0. The first-order chi connectivity index (χ1) is 16.1. The van der Waals surface area contributed by atoms with Crippen LogP contribution in [-0.2, 0) is 11.2 Å². The highest BCUT2D eigenvalue weighted by atomic mass is 35.5. The van der Waals surface area contributed by atoms with E-state index in [0.29, 0.717) is 23.6 Å². The number of amides is 2. The number of furan rings is 1. The van der Waals surface area contributed by atoms with Crippen molar-refractivity contribution in [3.8, 4) is 0 Å². The number of carbonyl (C=O) groups excluding carboxylic acids is 2. The highest BCUT2D eigenvalue weighted by Crippen LogP contribution is 2.46. The molecule has 1 aliphatic carbocycles. The maximum absolute atomic E-state index is 13.6. The second kappa shape index (κ2) is 9.17. The normalized spacial score (nSPS) is 15.7. The average Bonchev–Trinajstić information content (AvgIpc) is 3.11. The van der Waals surface area contributed by atoms with Gasteiger partial charge in [-0.3, -0.25) is 9.59 Å². The van der Waals surface area contributed by atoms with Crippen LogP contribution in [0.25, 0.3) is 0 Å². The summed E-state index contributed by atoms with van der Waals surface area (Å²) in [6.07, 6.45) is -6.00. The van der Waals surface area contributed by atoms with Crippen molar-refractivity contribution in [2.45, 2.75) is 51.1 Å². The van der Waals surface area contributed by atoms with E-state index >= 15 is 0 Å². The lowest BCUT2D eigenvalue weighted by molar-refractivity contribution is -0.344. The lowest BCUT2D eigenvalue weighted by atomic mass is 9.93. The molecule has 2 N–H and O–H groups in total. The average molecular weight is 528 g/mol. The number of aryl methyl sites for hydroxylation is 2. The first kappa shape index (κ1) is 26.5. The third-order valence-electron chi connectivity index (χ3n) is 5.29. The fourth-order valence-corrected chi connectivity index (χ4v) is 3.54. The molecule has 1 aromatic heterocycles. The molecule has 3 rings (SSSR count). The first-order valence-corrected chi connectivity index (χ1v) is 10.3. The van der Waals surface area contributed by atoms with Gasteiger partial charge in [0, 0.05) is 28.3 Å². The van der Waals surface area contributed by atoms with Gasteiger partial charge >= 0.3 is 23.9 Å². The maximum atomic E-state index is 13.6. The molecule has 2 aromatic rings. The number of nitrogens with zero attached hydrogens (tertiary/aromatic N) is 1. The Morgan fingerprint density at radius 2 is 1.71 bits per heavy atom. The predicted molar refractivity (Wildman–Crippen MR) is 111 cm³/mol. The van der Waals surface area contributed by atoms with Gasteiger partial charge in [-0.15, -0.1) is 0 Å². The van der Waals surface area contributed by atoms with Gasteiger partial charge in [-0.2, -0.15) is 35.8 Å². The van der Waals surface area contributed by atoms with E-state index in [1.54, 1.807) is 19.1 Å². The Balaban J connectivity index is 1.85. The van der Waals surface area contributed by atoms with Crippen molar-refractivity contribution in [2.24, 2.45) is 5.10 Å². The van der Waals surface area contributed by atoms with Gasteiger partial charge in [0.05, 0.1) is 5.71 Å². The number of benzene rings is 1. The summed E-state index contributed by atoms with van der Waals surface area (Å²) in [5.74, 6) is -16.3. The van der Waals surface area contributed by atoms with Crippen molar-refractivity contribution in [2.75, 3.05) is 5.32 Å². The summed E-state index contributed by atoms with van der Waals surface area (Å²) < 4.78 is 95.8. The standard InChI is InChI=1S/C21H17ClF7N3O3/c1-9-6-7-11(8-12(9)22)30-17(33)16-10(2)15-13(4-3-5-14(15)35-16)31-32-18(34)19(23,24)20(25,26)21(27,28)29/h6-8H,3-5H2,1-2H3,(H,30,33)(H,32,34)/b31-13+. The van der Waals surface area contributed by atoms with Gasteiger partial charge in [0.1, 0.15) is 5.76 Å². The number of hydrogen-bond donors (Lipinski definition) is 2. The highest BCUT2D eigenvalue weighted by molar-refractivity contribution is 6.31. The third-order valence-corrected chi connectivity index (χ3v) is 5.70. The first-order valence-electron chi connectivity index (χ1n) is 9.97. The minimum atomic E-state index is -6.66. The molecule has 1 aliphatic rings. The number of alkyl halides is 7. The summed E-state index contributed by atoms with van der Waals surface area (Å²) in [6.45, 7) is 3.20. The smallest absolute Gasteiger partial charge is 0.455 e. The molecule has 0 aliphatic heterocycles. The zero-order chi connectivity index (χ0) is 26.3.